The SMILES string of the molecule is Cc1sc(C(=O)c2cncnc2N[C@@H]2C[C@H](COS(C)(=O)=O)[C@@H](O[Si](C(C)C)(C(C)C)C(C)C)C2)cc1[C@@H]1OCCc2ccc(Cl)cc21. The van der Waals surface area contributed by atoms with Gasteiger partial charge in [0.05, 0.1) is 36.0 Å². The maximum Gasteiger partial charge on any atom is 0.264 e. The van der Waals surface area contributed by atoms with Crippen LogP contribution in [0.2, 0.25) is 21.6 Å². The van der Waals surface area contributed by atoms with E-state index in [1.54, 1.807) is 6.20 Å². The number of carbonyl (C=O) groups excluding carboxylic acids is 1. The van der Waals surface area contributed by atoms with Crippen molar-refractivity contribution in [2.45, 2.75) is 103 Å². The molecule has 4 atom stereocenters. The number of rotatable bonds is 13. The maximum atomic E-state index is 14.1. The van der Waals surface area contributed by atoms with Gasteiger partial charge in [-0.3, -0.25) is 8.98 Å². The molecule has 262 valence electrons. The summed E-state index contributed by atoms with van der Waals surface area (Å²) in [5.41, 5.74) is 4.68. The molecule has 2 aliphatic rings. The zero-order valence-corrected chi connectivity index (χ0v) is 32.5. The highest BCUT2D eigenvalue weighted by molar-refractivity contribution is 7.85. The van der Waals surface area contributed by atoms with Crippen LogP contribution in [0, 0.1) is 12.8 Å². The first-order valence-corrected chi connectivity index (χ1v) is 21.9. The molecule has 0 spiro atoms. The van der Waals surface area contributed by atoms with Crippen LogP contribution in [-0.4, -0.2) is 64.1 Å². The average Bonchev–Trinajstić information content (AvgIpc) is 3.59. The van der Waals surface area contributed by atoms with Crippen LogP contribution in [0.5, 0.6) is 0 Å². The van der Waals surface area contributed by atoms with Crippen molar-refractivity contribution >= 4 is 53.0 Å². The number of halogens is 1. The molecule has 0 amide bonds. The summed E-state index contributed by atoms with van der Waals surface area (Å²) in [5, 5.41) is 4.17. The van der Waals surface area contributed by atoms with Crippen LogP contribution in [0.25, 0.3) is 0 Å². The van der Waals surface area contributed by atoms with Gasteiger partial charge in [-0.2, -0.15) is 8.42 Å². The van der Waals surface area contributed by atoms with E-state index < -0.39 is 18.4 Å². The lowest BCUT2D eigenvalue weighted by atomic mass is 9.93. The van der Waals surface area contributed by atoms with E-state index in [2.05, 4.69) is 56.8 Å². The summed E-state index contributed by atoms with van der Waals surface area (Å²) in [7, 11) is -5.90. The van der Waals surface area contributed by atoms with E-state index in [4.69, 9.17) is 24.9 Å². The van der Waals surface area contributed by atoms with E-state index in [1.807, 2.05) is 31.2 Å². The van der Waals surface area contributed by atoms with Gasteiger partial charge in [0, 0.05) is 28.1 Å². The van der Waals surface area contributed by atoms with Crippen molar-refractivity contribution in [2.24, 2.45) is 5.92 Å². The highest BCUT2D eigenvalue weighted by Crippen LogP contribution is 2.46. The van der Waals surface area contributed by atoms with Crippen LogP contribution in [-0.2, 0) is 29.9 Å². The monoisotopic (exact) mass is 733 g/mol. The zero-order chi connectivity index (χ0) is 35.0. The van der Waals surface area contributed by atoms with E-state index in [-0.39, 0.29) is 36.6 Å². The molecular weight excluding hydrogens is 686 g/mol. The third kappa shape index (κ3) is 7.90. The molecule has 1 fully saturated rings. The third-order valence-corrected chi connectivity index (χ3v) is 18.0. The second-order valence-corrected chi connectivity index (χ2v) is 22.9. The number of fused-ring (bicyclic) bond motifs is 1. The number of ketones is 1. The molecule has 13 heteroatoms. The van der Waals surface area contributed by atoms with Crippen molar-refractivity contribution in [3.8, 4) is 0 Å². The Balaban J connectivity index is 1.39. The largest absolute Gasteiger partial charge is 0.413 e. The molecule has 0 unspecified atom stereocenters. The molecular formula is C35H48ClN3O6S2Si. The van der Waals surface area contributed by atoms with Crippen LogP contribution < -0.4 is 5.32 Å². The number of hydrogen-bond donors (Lipinski definition) is 1. The van der Waals surface area contributed by atoms with Gasteiger partial charge in [-0.05, 0) is 77.7 Å². The summed E-state index contributed by atoms with van der Waals surface area (Å²) in [4.78, 5) is 24.4. The number of thiophene rings is 1. The van der Waals surface area contributed by atoms with Crippen LogP contribution in [0.4, 0.5) is 5.82 Å². The van der Waals surface area contributed by atoms with Crippen molar-refractivity contribution in [3.63, 3.8) is 0 Å². The first kappa shape index (κ1) is 37.1. The zero-order valence-electron chi connectivity index (χ0n) is 29.1. The number of carbonyl (C=O) groups is 1. The van der Waals surface area contributed by atoms with Gasteiger partial charge < -0.3 is 14.5 Å². The van der Waals surface area contributed by atoms with Gasteiger partial charge in [0.15, 0.2) is 0 Å². The smallest absolute Gasteiger partial charge is 0.264 e. The highest BCUT2D eigenvalue weighted by Gasteiger charge is 2.49. The standard InChI is InChI=1S/C35H48ClN3O6S2Si/c1-20(2)48(21(3)4,22(5)6)45-31-15-27(13-25(31)18-44-47(8,41)42)39-35-30(17-37-19-38-35)33(40)32-16-28(23(7)46-32)34-29-14-26(36)10-9-24(29)11-12-43-34/h9-10,14,16-17,19-22,25,27,31,34H,11-13,15,18H2,1-8H3,(H,37,38,39)/t25-,27-,31+,34+/m1/s1. The van der Waals surface area contributed by atoms with Crippen molar-refractivity contribution in [3.05, 3.63) is 73.8 Å². The Labute approximate surface area is 295 Å². The van der Waals surface area contributed by atoms with Gasteiger partial charge in [0.25, 0.3) is 10.1 Å². The molecule has 1 saturated carbocycles. The van der Waals surface area contributed by atoms with Gasteiger partial charge in [-0.25, -0.2) is 9.97 Å². The summed E-state index contributed by atoms with van der Waals surface area (Å²) >= 11 is 7.78. The van der Waals surface area contributed by atoms with Crippen LogP contribution in [0.15, 0.2) is 36.8 Å². The van der Waals surface area contributed by atoms with Crippen molar-refractivity contribution < 1.29 is 26.6 Å². The van der Waals surface area contributed by atoms with Crippen molar-refractivity contribution in [2.75, 3.05) is 24.8 Å². The first-order valence-electron chi connectivity index (χ1n) is 16.7. The fraction of sp³-hybridized carbons (Fsp3) is 0.571. The Bertz CT molecular complexity index is 1710. The molecule has 3 aromatic rings. The summed E-state index contributed by atoms with van der Waals surface area (Å²) in [5.74, 6) is 0.131. The molecule has 9 nitrogen and oxygen atoms in total. The normalized spacial score (nSPS) is 21.7. The number of aryl methyl sites for hydroxylation is 1. The Morgan fingerprint density at radius 1 is 1.10 bits per heavy atom. The lowest BCUT2D eigenvalue weighted by Gasteiger charge is -2.45. The predicted molar refractivity (Wildman–Crippen MR) is 194 cm³/mol. The lowest BCUT2D eigenvalue weighted by Crippen LogP contribution is -2.51. The molecule has 0 saturated heterocycles. The van der Waals surface area contributed by atoms with Crippen molar-refractivity contribution in [1.29, 1.82) is 0 Å². The molecule has 0 bridgehead atoms. The molecule has 0 radical (unpaired) electrons. The number of aromatic nitrogens is 2. The first-order chi connectivity index (χ1) is 22.6. The van der Waals surface area contributed by atoms with Gasteiger partial charge in [0.2, 0.25) is 14.1 Å². The number of ether oxygens (including phenoxy) is 1. The van der Waals surface area contributed by atoms with Crippen LogP contribution >= 0.6 is 22.9 Å². The van der Waals surface area contributed by atoms with E-state index in [0.717, 1.165) is 28.7 Å². The summed E-state index contributed by atoms with van der Waals surface area (Å²) in [6.07, 6.45) is 5.64. The highest BCUT2D eigenvalue weighted by atomic mass is 35.5. The summed E-state index contributed by atoms with van der Waals surface area (Å²) in [6.45, 7) is 16.1. The molecule has 1 aliphatic heterocycles. The number of nitrogens with zero attached hydrogens (tertiary/aromatic N) is 2. The minimum atomic E-state index is -3.63. The Morgan fingerprint density at radius 2 is 1.81 bits per heavy atom. The second-order valence-electron chi connectivity index (χ2n) is 14.1. The molecule has 2 aromatic heterocycles. The lowest BCUT2D eigenvalue weighted by molar-refractivity contribution is 0.0697. The van der Waals surface area contributed by atoms with E-state index in [0.29, 0.717) is 57.4 Å². The van der Waals surface area contributed by atoms with E-state index in [1.165, 1.54) is 23.2 Å². The van der Waals surface area contributed by atoms with Gasteiger partial charge in [-0.15, -0.1) is 11.3 Å². The molecule has 1 N–H and O–H groups in total. The Morgan fingerprint density at radius 3 is 2.48 bits per heavy atom. The van der Waals surface area contributed by atoms with Crippen molar-refractivity contribution in [1.82, 2.24) is 9.97 Å². The van der Waals surface area contributed by atoms with Gasteiger partial charge >= 0.3 is 0 Å². The quantitative estimate of drug-likeness (QED) is 0.106. The third-order valence-electron chi connectivity index (χ3n) is 10.00. The number of anilines is 1. The minimum Gasteiger partial charge on any atom is -0.413 e. The van der Waals surface area contributed by atoms with E-state index >= 15 is 0 Å². The topological polar surface area (TPSA) is 117 Å². The maximum absolute atomic E-state index is 14.1. The fourth-order valence-electron chi connectivity index (χ4n) is 7.88. The van der Waals surface area contributed by atoms with Gasteiger partial charge in [-0.1, -0.05) is 59.2 Å². The second kappa shape index (κ2) is 15.0. The Hall–Kier alpha value is -2.19. The summed E-state index contributed by atoms with van der Waals surface area (Å²) in [6, 6.07) is 7.72. The number of nitrogens with one attached hydrogen (secondary N) is 1. The minimum absolute atomic E-state index is 0.0465. The number of hydrogen-bond acceptors (Lipinski definition) is 10. The predicted octanol–water partition coefficient (Wildman–Crippen LogP) is 8.12. The van der Waals surface area contributed by atoms with Gasteiger partial charge in [0.1, 0.15) is 18.2 Å². The summed E-state index contributed by atoms with van der Waals surface area (Å²) < 4.78 is 42.7. The molecule has 1 aliphatic carbocycles. The molecule has 48 heavy (non-hydrogen) atoms. The average molecular weight is 734 g/mol. The molecule has 1 aromatic carbocycles. The van der Waals surface area contributed by atoms with Crippen LogP contribution in [0.1, 0.15) is 97.3 Å². The number of benzene rings is 1. The molecule has 3 heterocycles. The molecule has 5 rings (SSSR count). The Kier molecular flexibility index (Phi) is 11.6. The fourth-order valence-corrected chi connectivity index (χ4v) is 15.1. The van der Waals surface area contributed by atoms with Crippen LogP contribution in [0.3, 0.4) is 0 Å². The van der Waals surface area contributed by atoms with E-state index in [9.17, 15) is 13.2 Å².